The van der Waals surface area contributed by atoms with Gasteiger partial charge in [-0.3, -0.25) is 4.79 Å². The number of halogens is 1. The first-order chi connectivity index (χ1) is 4.74. The first kappa shape index (κ1) is 7.52. The molecule has 0 saturated carbocycles. The maximum atomic E-state index is 10.6. The SMILES string of the molecule is COc1n[nH]c(=O)cc1I. The third kappa shape index (κ3) is 1.47. The number of ether oxygens (including phenoxy) is 1. The molecule has 0 fully saturated rings. The number of H-pyrrole nitrogens is 1. The van der Waals surface area contributed by atoms with E-state index in [1.807, 2.05) is 22.6 Å². The van der Waals surface area contributed by atoms with Gasteiger partial charge in [0, 0.05) is 6.07 Å². The van der Waals surface area contributed by atoms with E-state index in [1.54, 1.807) is 0 Å². The molecule has 0 saturated heterocycles. The van der Waals surface area contributed by atoms with Crippen molar-refractivity contribution >= 4 is 22.6 Å². The summed E-state index contributed by atoms with van der Waals surface area (Å²) in [5.41, 5.74) is -0.217. The Morgan fingerprint density at radius 1 is 1.80 bits per heavy atom. The van der Waals surface area contributed by atoms with Crippen molar-refractivity contribution < 1.29 is 4.74 Å². The molecule has 0 aliphatic rings. The first-order valence-corrected chi connectivity index (χ1v) is 3.61. The van der Waals surface area contributed by atoms with Crippen molar-refractivity contribution in [3.63, 3.8) is 0 Å². The van der Waals surface area contributed by atoms with E-state index in [1.165, 1.54) is 13.2 Å². The largest absolute Gasteiger partial charge is 0.479 e. The molecule has 5 heteroatoms. The molecular formula is C5H5IN2O2. The predicted molar refractivity (Wildman–Crippen MR) is 44.1 cm³/mol. The van der Waals surface area contributed by atoms with Crippen LogP contribution in [0.2, 0.25) is 0 Å². The number of nitrogens with zero attached hydrogens (tertiary/aromatic N) is 1. The molecule has 0 unspecified atom stereocenters. The maximum absolute atomic E-state index is 10.6. The second-order valence-electron chi connectivity index (χ2n) is 1.59. The van der Waals surface area contributed by atoms with Crippen molar-refractivity contribution in [2.75, 3.05) is 7.11 Å². The van der Waals surface area contributed by atoms with Gasteiger partial charge in [-0.2, -0.15) is 0 Å². The van der Waals surface area contributed by atoms with Gasteiger partial charge in [-0.15, -0.1) is 5.10 Å². The van der Waals surface area contributed by atoms with Crippen LogP contribution in [-0.2, 0) is 0 Å². The zero-order valence-electron chi connectivity index (χ0n) is 5.22. The van der Waals surface area contributed by atoms with Gasteiger partial charge in [0.2, 0.25) is 5.88 Å². The summed E-state index contributed by atoms with van der Waals surface area (Å²) in [5.74, 6) is 0.445. The van der Waals surface area contributed by atoms with Crippen molar-refractivity contribution in [2.45, 2.75) is 0 Å². The summed E-state index contributed by atoms with van der Waals surface area (Å²) < 4.78 is 5.52. The molecule has 0 aliphatic heterocycles. The highest BCUT2D eigenvalue weighted by molar-refractivity contribution is 14.1. The Morgan fingerprint density at radius 2 is 2.50 bits per heavy atom. The highest BCUT2D eigenvalue weighted by Crippen LogP contribution is 2.11. The molecule has 1 aromatic heterocycles. The number of hydrogen-bond acceptors (Lipinski definition) is 3. The summed E-state index contributed by atoms with van der Waals surface area (Å²) in [5, 5.41) is 5.89. The Balaban J connectivity index is 3.19. The molecule has 0 spiro atoms. The molecule has 0 amide bonds. The second kappa shape index (κ2) is 3.00. The standard InChI is InChI=1S/C5H5IN2O2/c1-10-5-3(6)2-4(9)7-8-5/h2H,1H3,(H,7,9). The van der Waals surface area contributed by atoms with Gasteiger partial charge in [0.15, 0.2) is 0 Å². The molecule has 1 N–H and O–H groups in total. The minimum Gasteiger partial charge on any atom is -0.479 e. The van der Waals surface area contributed by atoms with Gasteiger partial charge >= 0.3 is 0 Å². The summed E-state index contributed by atoms with van der Waals surface area (Å²) in [7, 11) is 1.50. The van der Waals surface area contributed by atoms with E-state index in [9.17, 15) is 4.79 Å². The van der Waals surface area contributed by atoms with Crippen LogP contribution in [0, 0.1) is 3.57 Å². The Bertz CT molecular complexity index is 283. The van der Waals surface area contributed by atoms with E-state index < -0.39 is 0 Å². The van der Waals surface area contributed by atoms with Crippen LogP contribution in [0.25, 0.3) is 0 Å². The van der Waals surface area contributed by atoms with Gasteiger partial charge in [0.05, 0.1) is 10.7 Å². The molecule has 0 aromatic carbocycles. The molecule has 4 nitrogen and oxygen atoms in total. The molecule has 10 heavy (non-hydrogen) atoms. The fourth-order valence-electron chi connectivity index (χ4n) is 0.512. The summed E-state index contributed by atoms with van der Waals surface area (Å²) in [6.45, 7) is 0. The highest BCUT2D eigenvalue weighted by atomic mass is 127. The number of methoxy groups -OCH3 is 1. The van der Waals surface area contributed by atoms with Crippen molar-refractivity contribution in [1.82, 2.24) is 10.2 Å². The van der Waals surface area contributed by atoms with Crippen molar-refractivity contribution in [2.24, 2.45) is 0 Å². The van der Waals surface area contributed by atoms with Gasteiger partial charge in [-0.25, -0.2) is 5.10 Å². The molecule has 1 heterocycles. The molecule has 0 bridgehead atoms. The highest BCUT2D eigenvalue weighted by Gasteiger charge is 1.99. The summed E-state index contributed by atoms with van der Waals surface area (Å²) in [4.78, 5) is 10.6. The molecular weight excluding hydrogens is 247 g/mol. The third-order valence-electron chi connectivity index (χ3n) is 0.923. The number of aromatic amines is 1. The fourth-order valence-corrected chi connectivity index (χ4v) is 1.14. The molecule has 0 aliphatic carbocycles. The van der Waals surface area contributed by atoms with Gasteiger partial charge < -0.3 is 4.74 Å². The second-order valence-corrected chi connectivity index (χ2v) is 2.75. The topological polar surface area (TPSA) is 55.0 Å². The summed E-state index contributed by atoms with van der Waals surface area (Å²) in [6.07, 6.45) is 0. The van der Waals surface area contributed by atoms with Gasteiger partial charge in [0.1, 0.15) is 0 Å². The monoisotopic (exact) mass is 252 g/mol. The Labute approximate surface area is 70.7 Å². The predicted octanol–water partition coefficient (Wildman–Crippen LogP) is 0.383. The Morgan fingerprint density at radius 3 is 3.00 bits per heavy atom. The van der Waals surface area contributed by atoms with Gasteiger partial charge in [-0.05, 0) is 22.6 Å². The maximum Gasteiger partial charge on any atom is 0.265 e. The van der Waals surface area contributed by atoms with Crippen LogP contribution in [0.1, 0.15) is 0 Å². The minimum atomic E-state index is -0.217. The van der Waals surface area contributed by atoms with E-state index in [0.717, 1.165) is 0 Å². The average molecular weight is 252 g/mol. The molecule has 0 radical (unpaired) electrons. The van der Waals surface area contributed by atoms with Gasteiger partial charge in [0.25, 0.3) is 5.56 Å². The van der Waals surface area contributed by atoms with Crippen molar-refractivity contribution in [1.29, 1.82) is 0 Å². The number of hydrogen-bond donors (Lipinski definition) is 1. The van der Waals surface area contributed by atoms with E-state index in [-0.39, 0.29) is 5.56 Å². The van der Waals surface area contributed by atoms with E-state index in [2.05, 4.69) is 10.2 Å². The first-order valence-electron chi connectivity index (χ1n) is 2.53. The zero-order valence-corrected chi connectivity index (χ0v) is 7.38. The van der Waals surface area contributed by atoms with Crippen molar-refractivity contribution in [3.8, 4) is 5.88 Å². The van der Waals surface area contributed by atoms with Crippen LogP contribution in [0.3, 0.4) is 0 Å². The Kier molecular flexibility index (Phi) is 2.25. The van der Waals surface area contributed by atoms with Crippen molar-refractivity contribution in [3.05, 3.63) is 20.0 Å². The minimum absolute atomic E-state index is 0.217. The van der Waals surface area contributed by atoms with E-state index >= 15 is 0 Å². The fraction of sp³-hybridized carbons (Fsp3) is 0.200. The lowest BCUT2D eigenvalue weighted by molar-refractivity contribution is 0.388. The van der Waals surface area contributed by atoms with E-state index in [4.69, 9.17) is 4.74 Å². The van der Waals surface area contributed by atoms with Crippen LogP contribution < -0.4 is 10.3 Å². The quantitative estimate of drug-likeness (QED) is 0.735. The Hall–Kier alpha value is -0.590. The molecule has 54 valence electrons. The smallest absolute Gasteiger partial charge is 0.265 e. The molecule has 0 atom stereocenters. The number of aromatic nitrogens is 2. The summed E-state index contributed by atoms with van der Waals surface area (Å²) >= 11 is 1.98. The van der Waals surface area contributed by atoms with Crippen LogP contribution in [0.15, 0.2) is 10.9 Å². The van der Waals surface area contributed by atoms with E-state index in [0.29, 0.717) is 9.45 Å². The van der Waals surface area contributed by atoms with Gasteiger partial charge in [-0.1, -0.05) is 0 Å². The zero-order chi connectivity index (χ0) is 7.56. The lowest BCUT2D eigenvalue weighted by Crippen LogP contribution is -2.08. The number of rotatable bonds is 1. The lowest BCUT2D eigenvalue weighted by Gasteiger charge is -1.97. The van der Waals surface area contributed by atoms with Crippen LogP contribution in [0.5, 0.6) is 5.88 Å². The number of nitrogens with one attached hydrogen (secondary N) is 1. The lowest BCUT2D eigenvalue weighted by atomic mass is 10.6. The van der Waals surface area contributed by atoms with Crippen LogP contribution >= 0.6 is 22.6 Å². The third-order valence-corrected chi connectivity index (χ3v) is 1.70. The normalized spacial score (nSPS) is 9.40. The average Bonchev–Trinajstić information content (AvgIpc) is 1.88. The van der Waals surface area contributed by atoms with Crippen LogP contribution in [-0.4, -0.2) is 17.3 Å². The summed E-state index contributed by atoms with van der Waals surface area (Å²) in [6, 6.07) is 1.42. The van der Waals surface area contributed by atoms with Crippen LogP contribution in [0.4, 0.5) is 0 Å². The molecule has 1 aromatic rings. The molecule has 1 rings (SSSR count).